The molecule has 0 amide bonds. The Morgan fingerprint density at radius 1 is 1.29 bits per heavy atom. The molecular formula is C14H14O2S. The highest BCUT2D eigenvalue weighted by atomic mass is 32.1. The maximum absolute atomic E-state index is 10.4. The molecular weight excluding hydrogens is 232 g/mol. The summed E-state index contributed by atoms with van der Waals surface area (Å²) < 4.78 is 5.62. The molecule has 2 nitrogen and oxygen atoms in total. The first-order valence-electron chi connectivity index (χ1n) is 5.74. The van der Waals surface area contributed by atoms with E-state index < -0.39 is 6.10 Å². The van der Waals surface area contributed by atoms with E-state index in [2.05, 4.69) is 6.07 Å². The van der Waals surface area contributed by atoms with E-state index in [0.29, 0.717) is 0 Å². The van der Waals surface area contributed by atoms with Gasteiger partial charge in [-0.1, -0.05) is 18.2 Å². The third-order valence-corrected chi connectivity index (χ3v) is 4.12. The molecule has 0 saturated heterocycles. The second-order valence-corrected chi connectivity index (χ2v) is 5.60. The van der Waals surface area contributed by atoms with E-state index in [1.54, 1.807) is 11.3 Å². The summed E-state index contributed by atoms with van der Waals surface area (Å²) in [5, 5.41) is 10.4. The second-order valence-electron chi connectivity index (χ2n) is 4.28. The van der Waals surface area contributed by atoms with E-state index in [0.717, 1.165) is 29.2 Å². The average molecular weight is 246 g/mol. The predicted molar refractivity (Wildman–Crippen MR) is 68.8 cm³/mol. The Morgan fingerprint density at radius 2 is 2.18 bits per heavy atom. The minimum atomic E-state index is -0.568. The lowest BCUT2D eigenvalue weighted by atomic mass is 10.0. The van der Waals surface area contributed by atoms with Crippen LogP contribution in [-0.4, -0.2) is 11.7 Å². The van der Waals surface area contributed by atoms with Gasteiger partial charge in [0.15, 0.2) is 0 Å². The number of aliphatic hydroxyl groups excluding tert-OH is 1. The molecule has 3 heteroatoms. The van der Waals surface area contributed by atoms with E-state index in [9.17, 15) is 5.11 Å². The minimum Gasteiger partial charge on any atom is -0.493 e. The van der Waals surface area contributed by atoms with Crippen LogP contribution in [-0.2, 0) is 6.42 Å². The van der Waals surface area contributed by atoms with Gasteiger partial charge in [0.2, 0.25) is 0 Å². The smallest absolute Gasteiger partial charge is 0.128 e. The Hall–Kier alpha value is -1.32. The maximum atomic E-state index is 10.4. The monoisotopic (exact) mass is 246 g/mol. The van der Waals surface area contributed by atoms with Crippen LogP contribution in [0.15, 0.2) is 30.3 Å². The summed E-state index contributed by atoms with van der Waals surface area (Å²) >= 11 is 1.63. The van der Waals surface area contributed by atoms with E-state index in [-0.39, 0.29) is 0 Å². The highest BCUT2D eigenvalue weighted by Crippen LogP contribution is 2.37. The number of hydrogen-bond donors (Lipinski definition) is 1. The molecule has 2 heterocycles. The number of ether oxygens (including phenoxy) is 1. The Morgan fingerprint density at radius 3 is 2.94 bits per heavy atom. The molecule has 1 aromatic carbocycles. The fourth-order valence-electron chi connectivity index (χ4n) is 2.21. The first kappa shape index (κ1) is 10.8. The van der Waals surface area contributed by atoms with Crippen LogP contribution in [0.1, 0.15) is 27.0 Å². The average Bonchev–Trinajstić information content (AvgIpc) is 2.95. The van der Waals surface area contributed by atoms with Crippen molar-refractivity contribution in [2.24, 2.45) is 0 Å². The van der Waals surface area contributed by atoms with Crippen LogP contribution in [0.3, 0.4) is 0 Å². The highest BCUT2D eigenvalue weighted by molar-refractivity contribution is 7.12. The molecule has 1 atom stereocenters. The quantitative estimate of drug-likeness (QED) is 0.882. The fraction of sp³-hybridized carbons (Fsp3) is 0.286. The predicted octanol–water partition coefficient (Wildman–Crippen LogP) is 3.07. The van der Waals surface area contributed by atoms with Gasteiger partial charge in [0.25, 0.3) is 0 Å². The van der Waals surface area contributed by atoms with Crippen molar-refractivity contribution < 1.29 is 9.84 Å². The van der Waals surface area contributed by atoms with Gasteiger partial charge in [0.1, 0.15) is 11.9 Å². The van der Waals surface area contributed by atoms with Crippen molar-refractivity contribution in [2.75, 3.05) is 6.61 Å². The molecule has 1 aliphatic heterocycles. The Kier molecular flexibility index (Phi) is 2.65. The summed E-state index contributed by atoms with van der Waals surface area (Å²) in [6.07, 6.45) is 0.376. The van der Waals surface area contributed by atoms with Gasteiger partial charge in [-0.2, -0.15) is 0 Å². The third-order valence-electron chi connectivity index (χ3n) is 3.07. The number of fused-ring (bicyclic) bond motifs is 1. The Bertz CT molecular complexity index is 545. The zero-order chi connectivity index (χ0) is 11.8. The summed E-state index contributed by atoms with van der Waals surface area (Å²) in [6.45, 7) is 2.77. The number of hydrogen-bond acceptors (Lipinski definition) is 3. The molecule has 2 aromatic rings. The molecule has 0 radical (unpaired) electrons. The van der Waals surface area contributed by atoms with Crippen molar-refractivity contribution >= 4 is 11.3 Å². The molecule has 1 aliphatic rings. The lowest BCUT2D eigenvalue weighted by Gasteiger charge is -2.13. The van der Waals surface area contributed by atoms with Crippen LogP contribution in [0.25, 0.3) is 0 Å². The van der Waals surface area contributed by atoms with Crippen molar-refractivity contribution in [2.45, 2.75) is 19.4 Å². The number of para-hydroxylation sites is 1. The molecule has 88 valence electrons. The molecule has 0 fully saturated rings. The van der Waals surface area contributed by atoms with Gasteiger partial charge in [-0.15, -0.1) is 11.3 Å². The standard InChI is InChI=1S/C14H14O2S/c1-9-5-6-12(17-9)13(15)11-4-2-3-10-7-8-16-14(10)11/h2-6,13,15H,7-8H2,1H3. The molecule has 0 spiro atoms. The van der Waals surface area contributed by atoms with Gasteiger partial charge in [-0.25, -0.2) is 0 Å². The van der Waals surface area contributed by atoms with E-state index >= 15 is 0 Å². The number of aliphatic hydroxyl groups is 1. The minimum absolute atomic E-state index is 0.568. The van der Waals surface area contributed by atoms with E-state index in [1.165, 1.54) is 10.4 Å². The normalized spacial score (nSPS) is 15.4. The van der Waals surface area contributed by atoms with Crippen molar-refractivity contribution in [3.05, 3.63) is 51.2 Å². The summed E-state index contributed by atoms with van der Waals surface area (Å²) in [4.78, 5) is 2.19. The lowest BCUT2D eigenvalue weighted by molar-refractivity contribution is 0.217. The molecule has 1 unspecified atom stereocenters. The zero-order valence-electron chi connectivity index (χ0n) is 9.64. The second kappa shape index (κ2) is 4.17. The van der Waals surface area contributed by atoms with Crippen LogP contribution in [0.2, 0.25) is 0 Å². The molecule has 0 aliphatic carbocycles. The van der Waals surface area contributed by atoms with Crippen LogP contribution in [0, 0.1) is 6.92 Å². The van der Waals surface area contributed by atoms with Gasteiger partial charge in [0.05, 0.1) is 6.61 Å². The molecule has 3 rings (SSSR count). The van der Waals surface area contributed by atoms with Crippen molar-refractivity contribution in [3.63, 3.8) is 0 Å². The summed E-state index contributed by atoms with van der Waals surface area (Å²) in [5.41, 5.74) is 2.09. The number of rotatable bonds is 2. The molecule has 0 bridgehead atoms. The van der Waals surface area contributed by atoms with Gasteiger partial charge in [-0.05, 0) is 24.6 Å². The first-order chi connectivity index (χ1) is 8.25. The molecule has 1 N–H and O–H groups in total. The fourth-order valence-corrected chi connectivity index (χ4v) is 3.09. The highest BCUT2D eigenvalue weighted by Gasteiger charge is 2.22. The number of aryl methyl sites for hydroxylation is 1. The largest absolute Gasteiger partial charge is 0.493 e. The van der Waals surface area contributed by atoms with E-state index in [1.807, 2.05) is 31.2 Å². The lowest BCUT2D eigenvalue weighted by Crippen LogP contribution is -2.00. The Balaban J connectivity index is 2.02. The van der Waals surface area contributed by atoms with Crippen LogP contribution >= 0.6 is 11.3 Å². The van der Waals surface area contributed by atoms with Crippen molar-refractivity contribution in [1.82, 2.24) is 0 Å². The van der Waals surface area contributed by atoms with Gasteiger partial charge >= 0.3 is 0 Å². The molecule has 17 heavy (non-hydrogen) atoms. The van der Waals surface area contributed by atoms with Crippen molar-refractivity contribution in [3.8, 4) is 5.75 Å². The summed E-state index contributed by atoms with van der Waals surface area (Å²) in [5.74, 6) is 0.881. The van der Waals surface area contributed by atoms with Crippen LogP contribution in [0.4, 0.5) is 0 Å². The summed E-state index contributed by atoms with van der Waals surface area (Å²) in [7, 11) is 0. The van der Waals surface area contributed by atoms with Crippen molar-refractivity contribution in [1.29, 1.82) is 0 Å². The van der Waals surface area contributed by atoms with E-state index in [4.69, 9.17) is 4.74 Å². The number of thiophene rings is 1. The SMILES string of the molecule is Cc1ccc(C(O)c2cccc3c2OCC3)s1. The zero-order valence-corrected chi connectivity index (χ0v) is 10.5. The first-order valence-corrected chi connectivity index (χ1v) is 6.56. The van der Waals surface area contributed by atoms with Gasteiger partial charge < -0.3 is 9.84 Å². The molecule has 0 saturated carbocycles. The maximum Gasteiger partial charge on any atom is 0.128 e. The van der Waals surface area contributed by atoms with Gasteiger partial charge in [0, 0.05) is 21.7 Å². The van der Waals surface area contributed by atoms with Gasteiger partial charge in [-0.3, -0.25) is 0 Å². The van der Waals surface area contributed by atoms with Crippen LogP contribution in [0.5, 0.6) is 5.75 Å². The molecule has 1 aromatic heterocycles. The topological polar surface area (TPSA) is 29.5 Å². The van der Waals surface area contributed by atoms with Crippen LogP contribution < -0.4 is 4.74 Å². The summed E-state index contributed by atoms with van der Waals surface area (Å²) in [6, 6.07) is 10.0. The number of benzene rings is 1. The third kappa shape index (κ3) is 1.85. The Labute approximate surface area is 104 Å².